The molecule has 3 aromatic rings. The van der Waals surface area contributed by atoms with E-state index in [-0.39, 0.29) is 5.56 Å². The second kappa shape index (κ2) is 4.45. The van der Waals surface area contributed by atoms with Gasteiger partial charge in [-0.1, -0.05) is 12.1 Å². The van der Waals surface area contributed by atoms with Crippen molar-refractivity contribution in [2.75, 3.05) is 0 Å². The zero-order valence-electron chi connectivity index (χ0n) is 10.8. The number of hydrogen-bond donors (Lipinski definition) is 1. The molecule has 2 N–H and O–H groups in total. The van der Waals surface area contributed by atoms with E-state index in [4.69, 9.17) is 5.73 Å². The SMILES string of the molecule is Cc1nc2ccccc2n1-c1ccc(F)cc1C(N)=O. The van der Waals surface area contributed by atoms with E-state index >= 15 is 0 Å². The van der Waals surface area contributed by atoms with E-state index < -0.39 is 11.7 Å². The number of carbonyl (C=O) groups excluding carboxylic acids is 1. The first kappa shape index (κ1) is 12.3. The van der Waals surface area contributed by atoms with Gasteiger partial charge in [0.2, 0.25) is 0 Å². The number of hydrogen-bond acceptors (Lipinski definition) is 2. The number of nitrogens with two attached hydrogens (primary N) is 1. The number of fused-ring (bicyclic) bond motifs is 1. The first-order valence-corrected chi connectivity index (χ1v) is 6.12. The van der Waals surface area contributed by atoms with Gasteiger partial charge < -0.3 is 5.73 Å². The molecular formula is C15H12FN3O. The second-order valence-corrected chi connectivity index (χ2v) is 4.51. The van der Waals surface area contributed by atoms with Gasteiger partial charge in [-0.15, -0.1) is 0 Å². The van der Waals surface area contributed by atoms with Gasteiger partial charge in [-0.3, -0.25) is 9.36 Å². The monoisotopic (exact) mass is 269 g/mol. The van der Waals surface area contributed by atoms with E-state index in [2.05, 4.69) is 4.98 Å². The van der Waals surface area contributed by atoms with Gasteiger partial charge in [0.25, 0.3) is 5.91 Å². The predicted molar refractivity (Wildman–Crippen MR) is 74.3 cm³/mol. The Bertz CT molecular complexity index is 823. The third-order valence-electron chi connectivity index (χ3n) is 3.19. The maximum atomic E-state index is 13.3. The van der Waals surface area contributed by atoms with Crippen molar-refractivity contribution in [3.8, 4) is 5.69 Å². The largest absolute Gasteiger partial charge is 0.366 e. The molecule has 3 rings (SSSR count). The number of para-hydroxylation sites is 2. The maximum Gasteiger partial charge on any atom is 0.250 e. The Morgan fingerprint density at radius 1 is 1.25 bits per heavy atom. The zero-order chi connectivity index (χ0) is 14.3. The summed E-state index contributed by atoms with van der Waals surface area (Å²) in [7, 11) is 0. The summed E-state index contributed by atoms with van der Waals surface area (Å²) in [5.74, 6) is -0.457. The summed E-state index contributed by atoms with van der Waals surface area (Å²) in [6.45, 7) is 1.83. The van der Waals surface area contributed by atoms with Gasteiger partial charge in [-0.05, 0) is 37.3 Å². The van der Waals surface area contributed by atoms with Crippen LogP contribution in [0.15, 0.2) is 42.5 Å². The molecule has 1 aromatic heterocycles. The van der Waals surface area contributed by atoms with E-state index in [1.807, 2.05) is 31.2 Å². The van der Waals surface area contributed by atoms with Crippen LogP contribution in [0.3, 0.4) is 0 Å². The Balaban J connectivity index is 2.36. The van der Waals surface area contributed by atoms with E-state index in [9.17, 15) is 9.18 Å². The van der Waals surface area contributed by atoms with E-state index in [1.54, 1.807) is 4.57 Å². The molecule has 20 heavy (non-hydrogen) atoms. The summed E-state index contributed by atoms with van der Waals surface area (Å²) in [6.07, 6.45) is 0. The maximum absolute atomic E-state index is 13.3. The van der Waals surface area contributed by atoms with E-state index in [0.29, 0.717) is 11.5 Å². The predicted octanol–water partition coefficient (Wildman–Crippen LogP) is 2.57. The molecule has 0 atom stereocenters. The molecule has 0 aliphatic carbocycles. The summed E-state index contributed by atoms with van der Waals surface area (Å²) in [6, 6.07) is 11.5. The van der Waals surface area contributed by atoms with Gasteiger partial charge >= 0.3 is 0 Å². The van der Waals surface area contributed by atoms with Gasteiger partial charge in [0, 0.05) is 0 Å². The lowest BCUT2D eigenvalue weighted by atomic mass is 10.1. The number of primary amides is 1. The molecule has 0 radical (unpaired) electrons. The third kappa shape index (κ3) is 1.84. The van der Waals surface area contributed by atoms with Crippen molar-refractivity contribution in [1.29, 1.82) is 0 Å². The van der Waals surface area contributed by atoms with E-state index in [1.165, 1.54) is 12.1 Å². The molecule has 0 aliphatic heterocycles. The van der Waals surface area contributed by atoms with E-state index in [0.717, 1.165) is 17.1 Å². The van der Waals surface area contributed by atoms with Crippen LogP contribution in [0.5, 0.6) is 0 Å². The molecule has 0 bridgehead atoms. The van der Waals surface area contributed by atoms with Crippen LogP contribution in [-0.4, -0.2) is 15.5 Å². The Morgan fingerprint density at radius 2 is 2.00 bits per heavy atom. The number of rotatable bonds is 2. The second-order valence-electron chi connectivity index (χ2n) is 4.51. The van der Waals surface area contributed by atoms with Crippen LogP contribution in [0.2, 0.25) is 0 Å². The number of amides is 1. The third-order valence-corrected chi connectivity index (χ3v) is 3.19. The number of aromatic nitrogens is 2. The number of nitrogens with zero attached hydrogens (tertiary/aromatic N) is 2. The van der Waals surface area contributed by atoms with Gasteiger partial charge in [0.15, 0.2) is 0 Å². The summed E-state index contributed by atoms with van der Waals surface area (Å²) >= 11 is 0. The van der Waals surface area contributed by atoms with Crippen LogP contribution in [0.4, 0.5) is 4.39 Å². The summed E-state index contributed by atoms with van der Waals surface area (Å²) in [5, 5.41) is 0. The number of carbonyl (C=O) groups is 1. The topological polar surface area (TPSA) is 60.9 Å². The molecule has 5 heteroatoms. The van der Waals surface area contributed by atoms with Crippen molar-refractivity contribution in [2.24, 2.45) is 5.73 Å². The van der Waals surface area contributed by atoms with Crippen LogP contribution in [0.25, 0.3) is 16.7 Å². The minimum Gasteiger partial charge on any atom is -0.366 e. The quantitative estimate of drug-likeness (QED) is 0.777. The van der Waals surface area contributed by atoms with Gasteiger partial charge in [-0.25, -0.2) is 9.37 Å². The Labute approximate surface area is 114 Å². The highest BCUT2D eigenvalue weighted by molar-refractivity contribution is 5.97. The van der Waals surface area contributed by atoms with Gasteiger partial charge in [0.05, 0.1) is 22.3 Å². The van der Waals surface area contributed by atoms with Crippen molar-refractivity contribution < 1.29 is 9.18 Å². The lowest BCUT2D eigenvalue weighted by Crippen LogP contribution is -2.15. The number of benzene rings is 2. The van der Waals surface area contributed by atoms with Crippen molar-refractivity contribution in [3.63, 3.8) is 0 Å². The van der Waals surface area contributed by atoms with Crippen molar-refractivity contribution in [1.82, 2.24) is 9.55 Å². The summed E-state index contributed by atoms with van der Waals surface area (Å²) in [4.78, 5) is 16.0. The van der Waals surface area contributed by atoms with Crippen LogP contribution >= 0.6 is 0 Å². The molecule has 2 aromatic carbocycles. The molecule has 100 valence electrons. The highest BCUT2D eigenvalue weighted by atomic mass is 19.1. The molecule has 0 spiro atoms. The lowest BCUT2D eigenvalue weighted by molar-refractivity contribution is 0.1000. The highest BCUT2D eigenvalue weighted by Crippen LogP contribution is 2.24. The molecule has 1 amide bonds. The number of imidazole rings is 1. The molecular weight excluding hydrogens is 257 g/mol. The standard InChI is InChI=1S/C15H12FN3O/c1-9-18-12-4-2-3-5-14(12)19(9)13-7-6-10(16)8-11(13)15(17)20/h2-8H,1H3,(H2,17,20). The molecule has 0 fully saturated rings. The van der Waals surface area contributed by atoms with Crippen molar-refractivity contribution in [3.05, 3.63) is 59.7 Å². The summed E-state index contributed by atoms with van der Waals surface area (Å²) in [5.41, 5.74) is 7.67. The van der Waals surface area contributed by atoms with Crippen LogP contribution in [0, 0.1) is 12.7 Å². The summed E-state index contributed by atoms with van der Waals surface area (Å²) < 4.78 is 15.1. The molecule has 1 heterocycles. The number of aryl methyl sites for hydroxylation is 1. The Kier molecular flexibility index (Phi) is 2.75. The van der Waals surface area contributed by atoms with Crippen molar-refractivity contribution in [2.45, 2.75) is 6.92 Å². The Hall–Kier alpha value is -2.69. The fraction of sp³-hybridized carbons (Fsp3) is 0.0667. The minimum absolute atomic E-state index is 0.135. The smallest absolute Gasteiger partial charge is 0.250 e. The number of halogens is 1. The van der Waals surface area contributed by atoms with Gasteiger partial charge in [-0.2, -0.15) is 0 Å². The average molecular weight is 269 g/mol. The molecule has 0 unspecified atom stereocenters. The molecule has 0 aliphatic rings. The molecule has 4 nitrogen and oxygen atoms in total. The molecule has 0 saturated carbocycles. The normalized spacial score (nSPS) is 10.9. The van der Waals surface area contributed by atoms with Crippen LogP contribution < -0.4 is 5.73 Å². The van der Waals surface area contributed by atoms with Gasteiger partial charge in [0.1, 0.15) is 11.6 Å². The first-order valence-electron chi connectivity index (χ1n) is 6.12. The lowest BCUT2D eigenvalue weighted by Gasteiger charge is -2.11. The molecule has 0 saturated heterocycles. The van der Waals surface area contributed by atoms with Crippen LogP contribution in [0.1, 0.15) is 16.2 Å². The fourth-order valence-electron chi connectivity index (χ4n) is 2.35. The Morgan fingerprint density at radius 3 is 2.75 bits per heavy atom. The minimum atomic E-state index is -0.670. The zero-order valence-corrected chi connectivity index (χ0v) is 10.8. The fourth-order valence-corrected chi connectivity index (χ4v) is 2.35. The first-order chi connectivity index (χ1) is 9.58. The van der Waals surface area contributed by atoms with Crippen molar-refractivity contribution >= 4 is 16.9 Å². The highest BCUT2D eigenvalue weighted by Gasteiger charge is 2.15. The van der Waals surface area contributed by atoms with Crippen LogP contribution in [-0.2, 0) is 0 Å². The average Bonchev–Trinajstić information content (AvgIpc) is 2.74.